The maximum Gasteiger partial charge on any atom is 0.0597 e. The predicted octanol–water partition coefficient (Wildman–Crippen LogP) is 12.4. The lowest BCUT2D eigenvalue weighted by molar-refractivity contribution is 0.487. The summed E-state index contributed by atoms with van der Waals surface area (Å²) < 4.78 is 0. The van der Waals surface area contributed by atoms with E-state index in [9.17, 15) is 0 Å². The van der Waals surface area contributed by atoms with E-state index in [1.54, 1.807) is 5.56 Å². The van der Waals surface area contributed by atoms with Gasteiger partial charge in [0.15, 0.2) is 0 Å². The fraction of sp³-hybridized carbons (Fsp3) is 0.378. The zero-order chi connectivity index (χ0) is 32.2. The Bertz CT molecular complexity index is 2020. The van der Waals surface area contributed by atoms with Crippen LogP contribution >= 0.6 is 0 Å². The lowest BCUT2D eigenvalue weighted by atomic mass is 9.78. The summed E-state index contributed by atoms with van der Waals surface area (Å²) in [6.07, 6.45) is 4.81. The van der Waals surface area contributed by atoms with E-state index in [1.807, 2.05) is 0 Å². The topological polar surface area (TPSA) is 12.0 Å². The van der Waals surface area contributed by atoms with Gasteiger partial charge >= 0.3 is 0 Å². The Morgan fingerprint density at radius 1 is 0.717 bits per heavy atom. The molecule has 5 aromatic rings. The molecule has 3 atom stereocenters. The molecule has 3 unspecified atom stereocenters. The van der Waals surface area contributed by atoms with Crippen LogP contribution in [0, 0.1) is 12.8 Å². The van der Waals surface area contributed by atoms with Gasteiger partial charge in [-0.3, -0.25) is 0 Å². The molecule has 5 aromatic carbocycles. The van der Waals surface area contributed by atoms with Crippen LogP contribution in [0.15, 0.2) is 84.9 Å². The minimum Gasteiger partial charge on any atom is -0.376 e. The van der Waals surface area contributed by atoms with Gasteiger partial charge in [0.1, 0.15) is 0 Å². The first-order valence-electron chi connectivity index (χ1n) is 17.7. The zero-order valence-electron chi connectivity index (χ0n) is 29.1. The Hall–Kier alpha value is -3.84. The molecular weight excluding hydrogens is 555 g/mol. The molecule has 1 saturated carbocycles. The number of aryl methyl sites for hydroxylation is 1. The number of hydrogen-bond donors (Lipinski definition) is 1. The van der Waals surface area contributed by atoms with E-state index in [2.05, 4.69) is 146 Å². The zero-order valence-corrected chi connectivity index (χ0v) is 29.1. The molecule has 0 spiro atoms. The van der Waals surface area contributed by atoms with Gasteiger partial charge in [0.05, 0.1) is 5.54 Å². The van der Waals surface area contributed by atoms with Crippen LogP contribution in [0.2, 0.25) is 0 Å². The molecule has 0 radical (unpaired) electrons. The molecule has 46 heavy (non-hydrogen) atoms. The summed E-state index contributed by atoms with van der Waals surface area (Å²) in [5.41, 5.74) is 16.8. The Morgan fingerprint density at radius 3 is 2.07 bits per heavy atom. The van der Waals surface area contributed by atoms with Crippen molar-refractivity contribution in [2.24, 2.45) is 5.92 Å². The molecule has 0 bridgehead atoms. The molecular formula is C45H49N. The van der Waals surface area contributed by atoms with Crippen LogP contribution in [0.3, 0.4) is 0 Å². The lowest BCUT2D eigenvalue weighted by Gasteiger charge is -2.34. The third-order valence-corrected chi connectivity index (χ3v) is 12.2. The van der Waals surface area contributed by atoms with Gasteiger partial charge in [-0.1, -0.05) is 121 Å². The highest BCUT2D eigenvalue weighted by Gasteiger charge is 2.45. The molecule has 1 fully saturated rings. The highest BCUT2D eigenvalue weighted by atomic mass is 15.0. The van der Waals surface area contributed by atoms with Crippen molar-refractivity contribution < 1.29 is 0 Å². The van der Waals surface area contributed by atoms with Crippen molar-refractivity contribution in [3.63, 3.8) is 0 Å². The normalized spacial score (nSPS) is 20.9. The molecule has 8 rings (SSSR count). The largest absolute Gasteiger partial charge is 0.376 e. The highest BCUT2D eigenvalue weighted by molar-refractivity contribution is 6.05. The monoisotopic (exact) mass is 603 g/mol. The summed E-state index contributed by atoms with van der Waals surface area (Å²) in [4.78, 5) is 0. The summed E-state index contributed by atoms with van der Waals surface area (Å²) in [5, 5.41) is 6.85. The second kappa shape index (κ2) is 10.1. The number of benzene rings is 5. The SMILES string of the molecule is CCCC(C)(Nc1ccc(C)cc1)c1ccc2c(c1)C(C)(C)c1cc3c(cc1-2)C(C)(C)c1cc(C2CC2CC)c2ccccc2c1-3. The van der Waals surface area contributed by atoms with Gasteiger partial charge in [-0.2, -0.15) is 0 Å². The summed E-state index contributed by atoms with van der Waals surface area (Å²) in [5.74, 6) is 1.55. The van der Waals surface area contributed by atoms with Crippen molar-refractivity contribution in [2.45, 2.75) is 103 Å². The number of fused-ring (bicyclic) bond motifs is 8. The van der Waals surface area contributed by atoms with Crippen molar-refractivity contribution in [1.29, 1.82) is 0 Å². The van der Waals surface area contributed by atoms with Gasteiger partial charge in [-0.05, 0) is 129 Å². The number of hydrogen-bond acceptors (Lipinski definition) is 1. The molecule has 0 aliphatic heterocycles. The third-order valence-electron chi connectivity index (χ3n) is 12.2. The fourth-order valence-electron chi connectivity index (χ4n) is 9.30. The molecule has 0 saturated heterocycles. The molecule has 234 valence electrons. The summed E-state index contributed by atoms with van der Waals surface area (Å²) in [7, 11) is 0. The molecule has 0 aromatic heterocycles. The second-order valence-electron chi connectivity index (χ2n) is 16.0. The van der Waals surface area contributed by atoms with Gasteiger partial charge in [-0.15, -0.1) is 0 Å². The third kappa shape index (κ3) is 4.20. The lowest BCUT2D eigenvalue weighted by Crippen LogP contribution is -2.32. The number of nitrogens with one attached hydrogen (secondary N) is 1. The molecule has 3 aliphatic rings. The van der Waals surface area contributed by atoms with Crippen molar-refractivity contribution >= 4 is 16.5 Å². The van der Waals surface area contributed by atoms with Crippen molar-refractivity contribution in [3.8, 4) is 22.3 Å². The molecule has 0 heterocycles. The smallest absolute Gasteiger partial charge is 0.0597 e. The van der Waals surface area contributed by atoms with Crippen LogP contribution in [0.25, 0.3) is 33.0 Å². The van der Waals surface area contributed by atoms with Crippen LogP contribution < -0.4 is 5.32 Å². The van der Waals surface area contributed by atoms with Gasteiger partial charge in [0.2, 0.25) is 0 Å². The average Bonchev–Trinajstić information content (AvgIpc) is 3.75. The Labute approximate surface area is 276 Å². The standard InChI is InChI=1S/C45H49N/c1-9-21-45(8,46-30-18-15-27(3)16-19-30)29-17-20-32-36-25-40-37(26-39(36)43(4,5)38(32)23-29)42-33-14-12-11-13-31(33)35(34-22-28(34)10-2)24-41(42)44(40,6)7/h11-20,23-26,28,34,46H,9-10,21-22H2,1-8H3. The summed E-state index contributed by atoms with van der Waals surface area (Å²) >= 11 is 0. The van der Waals surface area contributed by atoms with Crippen LogP contribution in [-0.4, -0.2) is 0 Å². The van der Waals surface area contributed by atoms with Crippen molar-refractivity contribution in [1.82, 2.24) is 0 Å². The van der Waals surface area contributed by atoms with Gasteiger partial charge in [0.25, 0.3) is 0 Å². The molecule has 1 heteroatoms. The van der Waals surface area contributed by atoms with Crippen molar-refractivity contribution in [3.05, 3.63) is 124 Å². The van der Waals surface area contributed by atoms with E-state index < -0.39 is 0 Å². The van der Waals surface area contributed by atoms with Gasteiger partial charge < -0.3 is 5.32 Å². The van der Waals surface area contributed by atoms with Crippen LogP contribution in [-0.2, 0) is 16.4 Å². The van der Waals surface area contributed by atoms with Gasteiger partial charge in [0, 0.05) is 16.5 Å². The van der Waals surface area contributed by atoms with Crippen LogP contribution in [0.4, 0.5) is 5.69 Å². The van der Waals surface area contributed by atoms with E-state index in [1.165, 1.54) is 84.9 Å². The Morgan fingerprint density at radius 2 is 1.37 bits per heavy atom. The van der Waals surface area contributed by atoms with E-state index in [0.29, 0.717) is 5.92 Å². The number of rotatable bonds is 7. The second-order valence-corrected chi connectivity index (χ2v) is 16.0. The Balaban J connectivity index is 1.26. The molecule has 1 nitrogen and oxygen atoms in total. The first kappa shape index (κ1) is 29.6. The molecule has 3 aliphatic carbocycles. The van der Waals surface area contributed by atoms with Crippen LogP contribution in [0.5, 0.6) is 0 Å². The van der Waals surface area contributed by atoms with E-state index in [0.717, 1.165) is 18.8 Å². The van der Waals surface area contributed by atoms with E-state index >= 15 is 0 Å². The highest BCUT2D eigenvalue weighted by Crippen LogP contribution is 2.60. The van der Waals surface area contributed by atoms with E-state index in [-0.39, 0.29) is 16.4 Å². The maximum atomic E-state index is 3.94. The molecule has 0 amide bonds. The fourth-order valence-corrected chi connectivity index (χ4v) is 9.30. The van der Waals surface area contributed by atoms with Crippen molar-refractivity contribution in [2.75, 3.05) is 5.32 Å². The maximum absolute atomic E-state index is 3.94. The van der Waals surface area contributed by atoms with E-state index in [4.69, 9.17) is 0 Å². The number of anilines is 1. The Kier molecular flexibility index (Phi) is 6.48. The minimum atomic E-state index is -0.151. The average molecular weight is 604 g/mol. The summed E-state index contributed by atoms with van der Waals surface area (Å²) in [6.45, 7) is 19.0. The van der Waals surface area contributed by atoms with Crippen LogP contribution in [0.1, 0.15) is 119 Å². The summed E-state index contributed by atoms with van der Waals surface area (Å²) in [6, 6.07) is 33.2. The first-order valence-corrected chi connectivity index (χ1v) is 17.7. The minimum absolute atomic E-state index is 0.0421. The van der Waals surface area contributed by atoms with Gasteiger partial charge in [-0.25, -0.2) is 0 Å². The quantitative estimate of drug-likeness (QED) is 0.195. The first-order chi connectivity index (χ1) is 22.0. The predicted molar refractivity (Wildman–Crippen MR) is 197 cm³/mol. The molecule has 1 N–H and O–H groups in total.